The molecular formula is C18H29NO5. The summed E-state index contributed by atoms with van der Waals surface area (Å²) in [5, 5.41) is 3.01. The van der Waals surface area contributed by atoms with Crippen molar-refractivity contribution >= 4 is 11.9 Å². The van der Waals surface area contributed by atoms with Crippen LogP contribution in [0.15, 0.2) is 16.5 Å². The first-order valence-electron chi connectivity index (χ1n) is 8.25. The lowest BCUT2D eigenvalue weighted by Crippen LogP contribution is -2.32. The second kappa shape index (κ2) is 8.33. The van der Waals surface area contributed by atoms with Gasteiger partial charge in [-0.3, -0.25) is 10.1 Å². The molecule has 0 fully saturated rings. The van der Waals surface area contributed by atoms with E-state index >= 15 is 0 Å². The average molecular weight is 339 g/mol. The topological polar surface area (TPSA) is 77.8 Å². The fourth-order valence-electron chi connectivity index (χ4n) is 1.77. The lowest BCUT2D eigenvalue weighted by molar-refractivity contribution is -0.153. The lowest BCUT2D eigenvalue weighted by Gasteiger charge is -2.20. The SMILES string of the molecule is CC(NCC(=O)OC(C)(C)C)c1ccc(C(=O)OC(C)C(C)C)o1. The predicted octanol–water partition coefficient (Wildman–Crippen LogP) is 3.47. The Morgan fingerprint density at radius 1 is 1.17 bits per heavy atom. The van der Waals surface area contributed by atoms with Gasteiger partial charge in [-0.1, -0.05) is 13.8 Å². The Morgan fingerprint density at radius 2 is 1.79 bits per heavy atom. The number of hydrogen-bond acceptors (Lipinski definition) is 6. The molecule has 0 aromatic carbocycles. The number of carbonyl (C=O) groups excluding carboxylic acids is 2. The van der Waals surface area contributed by atoms with Crippen molar-refractivity contribution in [1.82, 2.24) is 5.32 Å². The van der Waals surface area contributed by atoms with E-state index in [1.807, 2.05) is 48.5 Å². The first-order chi connectivity index (χ1) is 11.0. The van der Waals surface area contributed by atoms with Gasteiger partial charge in [0.1, 0.15) is 17.5 Å². The number of esters is 2. The van der Waals surface area contributed by atoms with Crippen LogP contribution < -0.4 is 5.32 Å². The Bertz CT molecular complexity index is 556. The Labute approximate surface area is 143 Å². The summed E-state index contributed by atoms with van der Waals surface area (Å²) in [6.45, 7) is 13.2. The molecule has 0 spiro atoms. The molecule has 2 atom stereocenters. The molecule has 0 aliphatic heterocycles. The van der Waals surface area contributed by atoms with E-state index in [-0.39, 0.29) is 36.3 Å². The van der Waals surface area contributed by atoms with Gasteiger partial charge in [0.05, 0.1) is 12.6 Å². The van der Waals surface area contributed by atoms with Gasteiger partial charge in [-0.05, 0) is 52.7 Å². The second-order valence-electron chi connectivity index (χ2n) is 7.25. The normalized spacial score (nSPS) is 14.3. The van der Waals surface area contributed by atoms with Crippen LogP contribution in [-0.4, -0.2) is 30.2 Å². The Morgan fingerprint density at radius 3 is 2.33 bits per heavy atom. The first kappa shape index (κ1) is 20.2. The highest BCUT2D eigenvalue weighted by atomic mass is 16.6. The van der Waals surface area contributed by atoms with Crippen LogP contribution in [0.25, 0.3) is 0 Å². The lowest BCUT2D eigenvalue weighted by atomic mass is 10.1. The molecule has 0 radical (unpaired) electrons. The third-order valence-electron chi connectivity index (χ3n) is 3.46. The number of ether oxygens (including phenoxy) is 2. The molecule has 0 saturated carbocycles. The van der Waals surface area contributed by atoms with Gasteiger partial charge in [0.2, 0.25) is 5.76 Å². The van der Waals surface area contributed by atoms with Gasteiger partial charge in [-0.2, -0.15) is 0 Å². The van der Waals surface area contributed by atoms with Crippen LogP contribution in [-0.2, 0) is 14.3 Å². The minimum Gasteiger partial charge on any atom is -0.459 e. The van der Waals surface area contributed by atoms with E-state index in [2.05, 4.69) is 5.32 Å². The van der Waals surface area contributed by atoms with Crippen molar-refractivity contribution in [3.63, 3.8) is 0 Å². The van der Waals surface area contributed by atoms with E-state index in [0.717, 1.165) is 0 Å². The molecule has 1 N–H and O–H groups in total. The molecule has 6 heteroatoms. The maximum Gasteiger partial charge on any atom is 0.374 e. The van der Waals surface area contributed by atoms with Gasteiger partial charge in [0.15, 0.2) is 0 Å². The molecule has 6 nitrogen and oxygen atoms in total. The summed E-state index contributed by atoms with van der Waals surface area (Å²) in [7, 11) is 0. The summed E-state index contributed by atoms with van der Waals surface area (Å²) in [5.41, 5.74) is -0.517. The quantitative estimate of drug-likeness (QED) is 0.766. The van der Waals surface area contributed by atoms with Crippen molar-refractivity contribution in [1.29, 1.82) is 0 Å². The molecule has 0 bridgehead atoms. The molecular weight excluding hydrogens is 310 g/mol. The van der Waals surface area contributed by atoms with Crippen molar-refractivity contribution in [2.45, 2.75) is 66.2 Å². The number of carbonyl (C=O) groups is 2. The van der Waals surface area contributed by atoms with Gasteiger partial charge >= 0.3 is 11.9 Å². The smallest absolute Gasteiger partial charge is 0.374 e. The highest BCUT2D eigenvalue weighted by Crippen LogP contribution is 2.18. The van der Waals surface area contributed by atoms with Crippen molar-refractivity contribution < 1.29 is 23.5 Å². The van der Waals surface area contributed by atoms with E-state index in [1.165, 1.54) is 0 Å². The molecule has 136 valence electrons. The first-order valence-corrected chi connectivity index (χ1v) is 8.25. The van der Waals surface area contributed by atoms with Crippen molar-refractivity contribution in [2.75, 3.05) is 6.54 Å². The molecule has 24 heavy (non-hydrogen) atoms. The van der Waals surface area contributed by atoms with E-state index in [0.29, 0.717) is 5.76 Å². The van der Waals surface area contributed by atoms with Gasteiger partial charge in [0.25, 0.3) is 0 Å². The van der Waals surface area contributed by atoms with Crippen LogP contribution in [0.5, 0.6) is 0 Å². The summed E-state index contributed by atoms with van der Waals surface area (Å²) in [6, 6.07) is 3.04. The third-order valence-corrected chi connectivity index (χ3v) is 3.46. The summed E-state index contributed by atoms with van der Waals surface area (Å²) in [4.78, 5) is 23.7. The summed E-state index contributed by atoms with van der Waals surface area (Å²) >= 11 is 0. The minimum atomic E-state index is -0.517. The maximum absolute atomic E-state index is 12.0. The number of hydrogen-bond donors (Lipinski definition) is 1. The van der Waals surface area contributed by atoms with Crippen LogP contribution in [0.3, 0.4) is 0 Å². The van der Waals surface area contributed by atoms with E-state index < -0.39 is 11.6 Å². The minimum absolute atomic E-state index is 0.0588. The fraction of sp³-hybridized carbons (Fsp3) is 0.667. The van der Waals surface area contributed by atoms with E-state index in [4.69, 9.17) is 13.9 Å². The Balaban J connectivity index is 2.55. The van der Waals surface area contributed by atoms with Crippen LogP contribution in [0, 0.1) is 5.92 Å². The number of rotatable bonds is 7. The highest BCUT2D eigenvalue weighted by molar-refractivity contribution is 5.86. The zero-order valence-electron chi connectivity index (χ0n) is 15.6. The Hall–Kier alpha value is -1.82. The standard InChI is InChI=1S/C18H29NO5/c1-11(2)13(4)22-17(21)15-9-8-14(23-15)12(3)19-10-16(20)24-18(5,6)7/h8-9,11-13,19H,10H2,1-7H3. The third kappa shape index (κ3) is 6.74. The zero-order valence-corrected chi connectivity index (χ0v) is 15.6. The van der Waals surface area contributed by atoms with Crippen molar-refractivity contribution in [3.8, 4) is 0 Å². The van der Waals surface area contributed by atoms with Crippen molar-refractivity contribution in [2.24, 2.45) is 5.92 Å². The summed E-state index contributed by atoms with van der Waals surface area (Å²) in [5.74, 6) is 0.122. The van der Waals surface area contributed by atoms with Gasteiger partial charge in [0, 0.05) is 0 Å². The highest BCUT2D eigenvalue weighted by Gasteiger charge is 2.21. The number of nitrogens with one attached hydrogen (secondary N) is 1. The van der Waals surface area contributed by atoms with Gasteiger partial charge < -0.3 is 13.9 Å². The molecule has 1 aromatic rings. The molecule has 1 heterocycles. The maximum atomic E-state index is 12.0. The van der Waals surface area contributed by atoms with Crippen LogP contribution in [0.1, 0.15) is 70.8 Å². The molecule has 0 saturated heterocycles. The zero-order chi connectivity index (χ0) is 18.5. The second-order valence-corrected chi connectivity index (χ2v) is 7.25. The van der Waals surface area contributed by atoms with E-state index in [1.54, 1.807) is 12.1 Å². The van der Waals surface area contributed by atoms with Crippen LogP contribution >= 0.6 is 0 Å². The summed E-state index contributed by atoms with van der Waals surface area (Å²) < 4.78 is 16.1. The Kier molecular flexibility index (Phi) is 7.02. The predicted molar refractivity (Wildman–Crippen MR) is 90.7 cm³/mol. The largest absolute Gasteiger partial charge is 0.459 e. The van der Waals surface area contributed by atoms with Gasteiger partial charge in [-0.15, -0.1) is 0 Å². The fourth-order valence-corrected chi connectivity index (χ4v) is 1.77. The molecule has 0 amide bonds. The summed E-state index contributed by atoms with van der Waals surface area (Å²) in [6.07, 6.45) is -0.186. The van der Waals surface area contributed by atoms with Crippen LogP contribution in [0.4, 0.5) is 0 Å². The monoisotopic (exact) mass is 339 g/mol. The molecule has 1 rings (SSSR count). The van der Waals surface area contributed by atoms with Crippen LogP contribution in [0.2, 0.25) is 0 Å². The average Bonchev–Trinajstić information content (AvgIpc) is 2.92. The number of furan rings is 1. The van der Waals surface area contributed by atoms with Crippen molar-refractivity contribution in [3.05, 3.63) is 23.7 Å². The van der Waals surface area contributed by atoms with Gasteiger partial charge in [-0.25, -0.2) is 4.79 Å². The molecule has 2 unspecified atom stereocenters. The molecule has 0 aliphatic rings. The molecule has 0 aliphatic carbocycles. The molecule has 1 aromatic heterocycles. The van der Waals surface area contributed by atoms with E-state index in [9.17, 15) is 9.59 Å².